The molecular formula is C29H31N3O4. The summed E-state index contributed by atoms with van der Waals surface area (Å²) < 4.78 is 0. The number of likely N-dealkylation sites (tertiary alicyclic amines) is 1. The van der Waals surface area contributed by atoms with Gasteiger partial charge in [-0.15, -0.1) is 0 Å². The van der Waals surface area contributed by atoms with Gasteiger partial charge in [0.15, 0.2) is 0 Å². The van der Waals surface area contributed by atoms with Crippen molar-refractivity contribution in [2.75, 3.05) is 17.2 Å². The molecule has 1 heterocycles. The first kappa shape index (κ1) is 25.0. The van der Waals surface area contributed by atoms with Crippen LogP contribution >= 0.6 is 0 Å². The summed E-state index contributed by atoms with van der Waals surface area (Å²) >= 11 is 0. The van der Waals surface area contributed by atoms with Crippen LogP contribution in [0.4, 0.5) is 16.2 Å². The number of rotatable bonds is 8. The van der Waals surface area contributed by atoms with Crippen molar-refractivity contribution in [3.8, 4) is 0 Å². The molecule has 1 atom stereocenters. The van der Waals surface area contributed by atoms with Gasteiger partial charge >= 0.3 is 12.0 Å². The largest absolute Gasteiger partial charge is 0.481 e. The average Bonchev–Trinajstić information content (AvgIpc) is 3.36. The van der Waals surface area contributed by atoms with Crippen molar-refractivity contribution < 1.29 is 19.5 Å². The maximum atomic E-state index is 13.2. The van der Waals surface area contributed by atoms with Gasteiger partial charge in [-0.2, -0.15) is 0 Å². The van der Waals surface area contributed by atoms with E-state index in [9.17, 15) is 14.4 Å². The first-order valence-corrected chi connectivity index (χ1v) is 12.2. The van der Waals surface area contributed by atoms with Crippen molar-refractivity contribution in [2.24, 2.45) is 0 Å². The fraction of sp³-hybridized carbons (Fsp3) is 0.276. The molecular weight excluding hydrogens is 454 g/mol. The number of carbonyl (C=O) groups excluding carboxylic acids is 2. The second-order valence-corrected chi connectivity index (χ2v) is 9.15. The Balaban J connectivity index is 1.35. The molecule has 0 aliphatic carbocycles. The molecule has 0 bridgehead atoms. The van der Waals surface area contributed by atoms with E-state index in [1.807, 2.05) is 72.5 Å². The standard InChI is InChI=1S/C29H31N3O4/c1-20-6-2-3-9-25(20)31-29(36)30-24-14-11-22(12-15-24)19-27(33)32-17-5-10-26(32)23-8-4-7-21(18-23)13-16-28(34)35/h2-4,6-9,11-12,14-15,18,26H,5,10,13,16-17,19H2,1H3,(H,34,35)(H2,30,31,36). The van der Waals surface area contributed by atoms with E-state index in [4.69, 9.17) is 5.11 Å². The number of urea groups is 1. The van der Waals surface area contributed by atoms with Gasteiger partial charge in [-0.25, -0.2) is 4.79 Å². The number of nitrogens with zero attached hydrogens (tertiary/aromatic N) is 1. The molecule has 7 heteroatoms. The predicted octanol–water partition coefficient (Wildman–Crippen LogP) is 5.56. The molecule has 36 heavy (non-hydrogen) atoms. The van der Waals surface area contributed by atoms with Gasteiger partial charge < -0.3 is 20.6 Å². The van der Waals surface area contributed by atoms with Gasteiger partial charge in [-0.1, -0.05) is 54.6 Å². The van der Waals surface area contributed by atoms with E-state index in [1.54, 1.807) is 12.1 Å². The zero-order valence-corrected chi connectivity index (χ0v) is 20.4. The monoisotopic (exact) mass is 485 g/mol. The van der Waals surface area contributed by atoms with Gasteiger partial charge in [0.05, 0.1) is 12.5 Å². The molecule has 7 nitrogen and oxygen atoms in total. The minimum atomic E-state index is -0.814. The Bertz CT molecular complexity index is 1240. The fourth-order valence-electron chi connectivity index (χ4n) is 4.60. The molecule has 3 aromatic carbocycles. The van der Waals surface area contributed by atoms with Crippen molar-refractivity contribution >= 4 is 29.3 Å². The van der Waals surface area contributed by atoms with Crippen LogP contribution in [0, 0.1) is 6.92 Å². The molecule has 1 fully saturated rings. The van der Waals surface area contributed by atoms with Gasteiger partial charge in [0.25, 0.3) is 0 Å². The maximum Gasteiger partial charge on any atom is 0.323 e. The van der Waals surface area contributed by atoms with Crippen LogP contribution in [0.15, 0.2) is 72.8 Å². The normalized spacial score (nSPS) is 14.9. The number of carboxylic acid groups (broad SMARTS) is 1. The summed E-state index contributed by atoms with van der Waals surface area (Å²) in [5, 5.41) is 14.6. The number of nitrogens with one attached hydrogen (secondary N) is 2. The third kappa shape index (κ3) is 6.50. The number of aryl methyl sites for hydroxylation is 2. The van der Waals surface area contributed by atoms with Crippen LogP contribution in [0.25, 0.3) is 0 Å². The highest BCUT2D eigenvalue weighted by atomic mass is 16.4. The zero-order chi connectivity index (χ0) is 25.5. The lowest BCUT2D eigenvalue weighted by Gasteiger charge is -2.25. The van der Waals surface area contributed by atoms with Gasteiger partial charge in [0.2, 0.25) is 5.91 Å². The number of para-hydroxylation sites is 1. The van der Waals surface area contributed by atoms with Crippen molar-refractivity contribution in [2.45, 2.75) is 45.1 Å². The second kappa shape index (κ2) is 11.5. The van der Waals surface area contributed by atoms with Gasteiger partial charge in [0.1, 0.15) is 0 Å². The number of benzene rings is 3. The van der Waals surface area contributed by atoms with E-state index in [0.717, 1.165) is 40.8 Å². The molecule has 1 saturated heterocycles. The highest BCUT2D eigenvalue weighted by Crippen LogP contribution is 2.33. The molecule has 0 radical (unpaired) electrons. The van der Waals surface area contributed by atoms with Crippen molar-refractivity contribution in [3.05, 3.63) is 95.1 Å². The lowest BCUT2D eigenvalue weighted by Crippen LogP contribution is -2.31. The zero-order valence-electron chi connectivity index (χ0n) is 20.4. The van der Waals surface area contributed by atoms with Crippen LogP contribution < -0.4 is 10.6 Å². The van der Waals surface area contributed by atoms with Gasteiger partial charge in [-0.3, -0.25) is 9.59 Å². The number of amides is 3. The summed E-state index contributed by atoms with van der Waals surface area (Å²) in [6.45, 7) is 2.64. The van der Waals surface area contributed by atoms with E-state index in [0.29, 0.717) is 18.7 Å². The third-order valence-corrected chi connectivity index (χ3v) is 6.50. The summed E-state index contributed by atoms with van der Waals surface area (Å²) in [7, 11) is 0. The summed E-state index contributed by atoms with van der Waals surface area (Å²) in [6, 6.07) is 22.5. The number of anilines is 2. The minimum absolute atomic E-state index is 0.00774. The Kier molecular flexibility index (Phi) is 8.00. The van der Waals surface area contributed by atoms with E-state index in [-0.39, 0.29) is 30.8 Å². The molecule has 186 valence electrons. The molecule has 0 spiro atoms. The number of hydrogen-bond donors (Lipinski definition) is 3. The smallest absolute Gasteiger partial charge is 0.323 e. The SMILES string of the molecule is Cc1ccccc1NC(=O)Nc1ccc(CC(=O)N2CCCC2c2cccc(CCC(=O)O)c2)cc1. The lowest BCUT2D eigenvalue weighted by molar-refractivity contribution is -0.137. The van der Waals surface area contributed by atoms with Crippen LogP contribution in [0.3, 0.4) is 0 Å². The molecule has 1 aliphatic heterocycles. The lowest BCUT2D eigenvalue weighted by atomic mass is 9.99. The first-order chi connectivity index (χ1) is 17.4. The molecule has 1 unspecified atom stereocenters. The Hall–Kier alpha value is -4.13. The molecule has 3 aromatic rings. The predicted molar refractivity (Wildman–Crippen MR) is 140 cm³/mol. The Morgan fingerprint density at radius 1 is 0.944 bits per heavy atom. The fourth-order valence-corrected chi connectivity index (χ4v) is 4.60. The summed E-state index contributed by atoms with van der Waals surface area (Å²) in [5.41, 5.74) is 5.30. The van der Waals surface area contributed by atoms with E-state index in [2.05, 4.69) is 10.6 Å². The topological polar surface area (TPSA) is 98.7 Å². The number of carbonyl (C=O) groups is 3. The van der Waals surface area contributed by atoms with Crippen molar-refractivity contribution in [3.63, 3.8) is 0 Å². The molecule has 1 aliphatic rings. The highest BCUT2D eigenvalue weighted by molar-refractivity contribution is 6.00. The van der Waals surface area contributed by atoms with E-state index < -0.39 is 5.97 Å². The van der Waals surface area contributed by atoms with E-state index in [1.165, 1.54) is 0 Å². The molecule has 0 saturated carbocycles. The average molecular weight is 486 g/mol. The molecule has 0 aromatic heterocycles. The highest BCUT2D eigenvalue weighted by Gasteiger charge is 2.30. The maximum absolute atomic E-state index is 13.2. The second-order valence-electron chi connectivity index (χ2n) is 9.15. The molecule has 3 N–H and O–H groups in total. The van der Waals surface area contributed by atoms with Crippen LogP contribution in [0.1, 0.15) is 47.6 Å². The quantitative estimate of drug-likeness (QED) is 0.389. The molecule has 4 rings (SSSR count). The number of aliphatic carboxylic acids is 1. The number of hydrogen-bond acceptors (Lipinski definition) is 3. The Morgan fingerprint density at radius 2 is 1.72 bits per heavy atom. The summed E-state index contributed by atoms with van der Waals surface area (Å²) in [6.07, 6.45) is 2.69. The summed E-state index contributed by atoms with van der Waals surface area (Å²) in [5.74, 6) is -0.752. The van der Waals surface area contributed by atoms with Crippen molar-refractivity contribution in [1.29, 1.82) is 0 Å². The minimum Gasteiger partial charge on any atom is -0.481 e. The Labute approximate surface area is 211 Å². The Morgan fingerprint density at radius 3 is 2.47 bits per heavy atom. The number of carboxylic acids is 1. The van der Waals surface area contributed by atoms with Gasteiger partial charge in [0, 0.05) is 24.3 Å². The van der Waals surface area contributed by atoms with Crippen LogP contribution in [0.2, 0.25) is 0 Å². The van der Waals surface area contributed by atoms with Crippen molar-refractivity contribution in [1.82, 2.24) is 4.90 Å². The van der Waals surface area contributed by atoms with Crippen LogP contribution in [-0.4, -0.2) is 34.5 Å². The van der Waals surface area contributed by atoms with E-state index >= 15 is 0 Å². The molecule has 3 amide bonds. The van der Waals surface area contributed by atoms with Crippen LogP contribution in [-0.2, 0) is 22.4 Å². The van der Waals surface area contributed by atoms with Crippen LogP contribution in [0.5, 0.6) is 0 Å². The van der Waals surface area contributed by atoms with Gasteiger partial charge in [-0.05, 0) is 66.6 Å². The summed E-state index contributed by atoms with van der Waals surface area (Å²) in [4.78, 5) is 38.3. The first-order valence-electron chi connectivity index (χ1n) is 12.2. The third-order valence-electron chi connectivity index (χ3n) is 6.50.